The molecule has 0 heterocycles. The van der Waals surface area contributed by atoms with Crippen molar-refractivity contribution in [1.29, 1.82) is 0 Å². The molecule has 140 valence electrons. The molecule has 0 unspecified atom stereocenters. The van der Waals surface area contributed by atoms with E-state index >= 15 is 0 Å². The van der Waals surface area contributed by atoms with Gasteiger partial charge >= 0.3 is 17.4 Å². The highest BCUT2D eigenvalue weighted by molar-refractivity contribution is 5.69. The van der Waals surface area contributed by atoms with Gasteiger partial charge in [0.2, 0.25) is 6.61 Å². The van der Waals surface area contributed by atoms with Crippen LogP contribution in [0.5, 0.6) is 0 Å². The molecular formula is C8H11N5O12. The Morgan fingerprint density at radius 1 is 0.840 bits per heavy atom. The molecule has 0 N–H and O–H groups in total. The monoisotopic (exact) mass is 369 g/mol. The summed E-state index contributed by atoms with van der Waals surface area (Å²) in [5.74, 6) is -5.45. The van der Waals surface area contributed by atoms with Crippen molar-refractivity contribution in [2.24, 2.45) is 0 Å². The van der Waals surface area contributed by atoms with Crippen LogP contribution in [-0.4, -0.2) is 48.6 Å². The van der Waals surface area contributed by atoms with Crippen LogP contribution >= 0.6 is 0 Å². The Hall–Kier alpha value is -3.53. The number of hydrogen-bond acceptors (Lipinski definition) is 12. The summed E-state index contributed by atoms with van der Waals surface area (Å²) in [6.07, 6.45) is -3.43. The largest absolute Gasteiger partial charge is 0.700 e. The van der Waals surface area contributed by atoms with Crippen LogP contribution in [0, 0.1) is 50.6 Å². The first-order valence-electron chi connectivity index (χ1n) is 6.26. The third-order valence-electron chi connectivity index (χ3n) is 3.25. The third-order valence-corrected chi connectivity index (χ3v) is 3.25. The zero-order valence-electron chi connectivity index (χ0n) is 12.5. The topological polar surface area (TPSA) is 242 Å². The number of nitro groups is 5. The molecule has 17 heteroatoms. The lowest BCUT2D eigenvalue weighted by atomic mass is 10.1. The molecule has 0 bridgehead atoms. The normalized spacial score (nSPS) is 11.4. The average Bonchev–Trinajstić information content (AvgIpc) is 2.46. The Balaban J connectivity index is 5.16. The number of carbonyl (C=O) groups excluding carboxylic acids is 1. The van der Waals surface area contributed by atoms with Crippen molar-refractivity contribution in [3.05, 3.63) is 50.6 Å². The molecule has 0 radical (unpaired) electrons. The third kappa shape index (κ3) is 4.06. The van der Waals surface area contributed by atoms with Crippen LogP contribution in [0.3, 0.4) is 0 Å². The van der Waals surface area contributed by atoms with E-state index in [1.54, 1.807) is 0 Å². The average molecular weight is 369 g/mol. The van der Waals surface area contributed by atoms with Gasteiger partial charge < -0.3 is 4.74 Å². The fourth-order valence-corrected chi connectivity index (χ4v) is 1.54. The van der Waals surface area contributed by atoms with Crippen molar-refractivity contribution in [1.82, 2.24) is 0 Å². The zero-order valence-corrected chi connectivity index (χ0v) is 12.5. The molecule has 0 aromatic carbocycles. The molecule has 0 rings (SSSR count). The van der Waals surface area contributed by atoms with Gasteiger partial charge in [-0.05, 0) is 0 Å². The van der Waals surface area contributed by atoms with Gasteiger partial charge in [-0.1, -0.05) is 6.92 Å². The first kappa shape index (κ1) is 21.5. The number of carbonyl (C=O) groups is 1. The molecule has 0 aliphatic rings. The molecule has 0 fully saturated rings. The van der Waals surface area contributed by atoms with E-state index in [0.717, 1.165) is 6.92 Å². The lowest BCUT2D eigenvalue weighted by molar-refractivity contribution is -0.970. The van der Waals surface area contributed by atoms with Gasteiger partial charge in [0.05, 0.1) is 12.8 Å². The molecule has 17 nitrogen and oxygen atoms in total. The van der Waals surface area contributed by atoms with Gasteiger partial charge in [0.25, 0.3) is 0 Å². The van der Waals surface area contributed by atoms with Crippen LogP contribution in [0.2, 0.25) is 0 Å². The summed E-state index contributed by atoms with van der Waals surface area (Å²) in [7, 11) is 0. The number of esters is 1. The van der Waals surface area contributed by atoms with E-state index in [1.807, 2.05) is 0 Å². The minimum absolute atomic E-state index is 0.678. The fraction of sp³-hybridized carbons (Fsp3) is 0.875. The van der Waals surface area contributed by atoms with Crippen LogP contribution < -0.4 is 0 Å². The second-order valence-electron chi connectivity index (χ2n) is 4.56. The predicted octanol–water partition coefficient (Wildman–Crippen LogP) is -0.547. The number of ether oxygens (including phenoxy) is 1. The fourth-order valence-electron chi connectivity index (χ4n) is 1.54. The maximum absolute atomic E-state index is 11.4. The van der Waals surface area contributed by atoms with Crippen molar-refractivity contribution in [2.45, 2.75) is 37.6 Å². The van der Waals surface area contributed by atoms with Gasteiger partial charge in [-0.25, -0.2) is 0 Å². The van der Waals surface area contributed by atoms with Gasteiger partial charge in [-0.3, -0.25) is 55.4 Å². The van der Waals surface area contributed by atoms with Gasteiger partial charge in [0, 0.05) is 0 Å². The van der Waals surface area contributed by atoms with Crippen molar-refractivity contribution in [3.8, 4) is 0 Å². The van der Waals surface area contributed by atoms with Crippen LogP contribution in [0.4, 0.5) is 0 Å². The van der Waals surface area contributed by atoms with Gasteiger partial charge in [0.15, 0.2) is 21.2 Å². The van der Waals surface area contributed by atoms with Crippen molar-refractivity contribution < 1.29 is 34.1 Å². The van der Waals surface area contributed by atoms with E-state index in [0.29, 0.717) is 0 Å². The van der Waals surface area contributed by atoms with Gasteiger partial charge in [-0.2, -0.15) is 0 Å². The smallest absolute Gasteiger partial charge is 0.450 e. The summed E-state index contributed by atoms with van der Waals surface area (Å²) in [5, 5.41) is 53.5. The highest BCUT2D eigenvalue weighted by Crippen LogP contribution is 2.21. The summed E-state index contributed by atoms with van der Waals surface area (Å²) in [4.78, 5) is 56.9. The highest BCUT2D eigenvalue weighted by Gasteiger charge is 2.70. The lowest BCUT2D eigenvalue weighted by Gasteiger charge is -2.15. The molecular weight excluding hydrogens is 358 g/mol. The van der Waals surface area contributed by atoms with E-state index < -0.39 is 67.9 Å². The first-order chi connectivity index (χ1) is 11.4. The molecule has 0 aliphatic carbocycles. The summed E-state index contributed by atoms with van der Waals surface area (Å²) in [5.41, 5.74) is -2.87. The van der Waals surface area contributed by atoms with E-state index in [-0.39, 0.29) is 0 Å². The van der Waals surface area contributed by atoms with Crippen molar-refractivity contribution in [2.75, 3.05) is 6.61 Å². The Labute approximate surface area is 136 Å². The maximum Gasteiger partial charge on any atom is 0.700 e. The molecule has 0 aliphatic heterocycles. The summed E-state index contributed by atoms with van der Waals surface area (Å²) < 4.78 is 4.27. The van der Waals surface area contributed by atoms with E-state index in [9.17, 15) is 55.4 Å². The van der Waals surface area contributed by atoms with E-state index in [2.05, 4.69) is 4.74 Å². The van der Waals surface area contributed by atoms with E-state index in [4.69, 9.17) is 0 Å². The highest BCUT2D eigenvalue weighted by atomic mass is 16.7. The maximum atomic E-state index is 11.4. The Morgan fingerprint density at radius 3 is 1.52 bits per heavy atom. The molecule has 0 saturated carbocycles. The lowest BCUT2D eigenvalue weighted by Crippen LogP contribution is -2.53. The number of rotatable bonds is 11. The number of hydrogen-bond donors (Lipinski definition) is 0. The number of nitrogens with zero attached hydrogens (tertiary/aromatic N) is 5. The minimum Gasteiger partial charge on any atom is -0.450 e. The summed E-state index contributed by atoms with van der Waals surface area (Å²) >= 11 is 0. The Bertz CT molecular complexity index is 567. The summed E-state index contributed by atoms with van der Waals surface area (Å²) in [6, 6.07) is 0. The van der Waals surface area contributed by atoms with Crippen LogP contribution in [0.1, 0.15) is 26.2 Å². The standard InChI is InChI=1S/C8H11N5O12/c1-2-7(9(15)16,10(17)18)5-25-6(14)3-4-8(11(19)20,12(21)22)13(23)24/h2-5H2,1H3. The van der Waals surface area contributed by atoms with E-state index in [1.165, 1.54) is 0 Å². The second kappa shape index (κ2) is 7.84. The van der Waals surface area contributed by atoms with Crippen LogP contribution in [0.25, 0.3) is 0 Å². The quantitative estimate of drug-likeness (QED) is 0.193. The SMILES string of the molecule is CCC(COC(=O)CCC([N+](=O)[O-])([N+](=O)[O-])[N+](=O)[O-])([N+](=O)[O-])[N+](=O)[O-]. The van der Waals surface area contributed by atoms with Crippen LogP contribution in [-0.2, 0) is 9.53 Å². The minimum atomic E-state index is -3.91. The first-order valence-corrected chi connectivity index (χ1v) is 6.26. The summed E-state index contributed by atoms with van der Waals surface area (Å²) in [6.45, 7) is -0.290. The van der Waals surface area contributed by atoms with Gasteiger partial charge in [-0.15, -0.1) is 0 Å². The molecule has 0 saturated heterocycles. The molecule has 25 heavy (non-hydrogen) atoms. The molecule has 0 atom stereocenters. The zero-order chi connectivity index (χ0) is 20.0. The van der Waals surface area contributed by atoms with Crippen molar-refractivity contribution in [3.63, 3.8) is 0 Å². The van der Waals surface area contributed by atoms with Crippen LogP contribution in [0.15, 0.2) is 0 Å². The predicted molar refractivity (Wildman–Crippen MR) is 70.9 cm³/mol. The van der Waals surface area contributed by atoms with Crippen molar-refractivity contribution >= 4 is 5.97 Å². The molecule has 0 aromatic rings. The molecule has 0 amide bonds. The Kier molecular flexibility index (Phi) is 6.73. The van der Waals surface area contributed by atoms with Gasteiger partial charge in [0.1, 0.15) is 9.85 Å². The molecule has 0 spiro atoms. The Morgan fingerprint density at radius 2 is 1.24 bits per heavy atom. The molecule has 0 aromatic heterocycles. The second-order valence-corrected chi connectivity index (χ2v) is 4.56.